The highest BCUT2D eigenvalue weighted by atomic mass is 32.1. The molecule has 0 N–H and O–H groups in total. The molecule has 0 radical (unpaired) electrons. The SMILES string of the molecule is CC[C@H]1C=C(n2c3ccc(-c4ccccc4)cc3c3c4c5ccccc5n5c6ccccc6c(cc32)c45)c2c(sc3ccccc23)N=C1c1ccccc1. The van der Waals surface area contributed by atoms with Crippen LogP contribution in [0.5, 0.6) is 0 Å². The molecule has 0 amide bonds. The van der Waals surface area contributed by atoms with Crippen molar-refractivity contribution < 1.29 is 0 Å². The molecular formula is C50H33N3S. The van der Waals surface area contributed by atoms with Crippen LogP contribution in [0.4, 0.5) is 5.00 Å². The van der Waals surface area contributed by atoms with Crippen molar-refractivity contribution in [1.82, 2.24) is 8.97 Å². The molecule has 0 fully saturated rings. The Bertz CT molecular complexity index is 3360. The molecule has 54 heavy (non-hydrogen) atoms. The van der Waals surface area contributed by atoms with Crippen LogP contribution in [0, 0.1) is 5.92 Å². The molecule has 12 rings (SSSR count). The summed E-state index contributed by atoms with van der Waals surface area (Å²) in [4.78, 5) is 5.59. The van der Waals surface area contributed by atoms with Gasteiger partial charge in [-0.2, -0.15) is 0 Å². The van der Waals surface area contributed by atoms with Crippen LogP contribution in [-0.4, -0.2) is 14.7 Å². The summed E-state index contributed by atoms with van der Waals surface area (Å²) in [6.07, 6.45) is 3.47. The van der Waals surface area contributed by atoms with Crippen LogP contribution in [0.25, 0.3) is 86.8 Å². The minimum Gasteiger partial charge on any atom is -0.309 e. The van der Waals surface area contributed by atoms with Crippen molar-refractivity contribution in [3.8, 4) is 11.1 Å². The quantitative estimate of drug-likeness (QED) is 0.174. The molecule has 1 atom stereocenters. The van der Waals surface area contributed by atoms with E-state index in [-0.39, 0.29) is 5.92 Å². The zero-order valence-corrected chi connectivity index (χ0v) is 30.4. The van der Waals surface area contributed by atoms with Crippen molar-refractivity contribution in [2.45, 2.75) is 13.3 Å². The van der Waals surface area contributed by atoms with E-state index in [1.54, 1.807) is 11.3 Å². The van der Waals surface area contributed by atoms with Crippen LogP contribution in [-0.2, 0) is 0 Å². The topological polar surface area (TPSA) is 21.7 Å². The maximum atomic E-state index is 5.59. The second-order valence-electron chi connectivity index (χ2n) is 14.6. The van der Waals surface area contributed by atoms with E-state index in [0.29, 0.717) is 0 Å². The number of aromatic nitrogens is 2. The Morgan fingerprint density at radius 2 is 1.20 bits per heavy atom. The maximum Gasteiger partial charge on any atom is 0.126 e. The van der Waals surface area contributed by atoms with Gasteiger partial charge in [-0.3, -0.25) is 0 Å². The number of thiophene rings is 1. The van der Waals surface area contributed by atoms with E-state index in [1.807, 2.05) is 0 Å². The fourth-order valence-electron chi connectivity index (χ4n) is 9.37. The first kappa shape index (κ1) is 30.0. The Balaban J connectivity index is 1.29. The molecule has 0 saturated heterocycles. The molecule has 5 heterocycles. The largest absolute Gasteiger partial charge is 0.309 e. The average molecular weight is 708 g/mol. The highest BCUT2D eigenvalue weighted by Gasteiger charge is 2.30. The summed E-state index contributed by atoms with van der Waals surface area (Å²) >= 11 is 1.80. The van der Waals surface area contributed by atoms with Gasteiger partial charge < -0.3 is 8.97 Å². The minimum absolute atomic E-state index is 0.123. The smallest absolute Gasteiger partial charge is 0.126 e. The summed E-state index contributed by atoms with van der Waals surface area (Å²) in [5.74, 6) is 0.123. The Morgan fingerprint density at radius 1 is 0.537 bits per heavy atom. The van der Waals surface area contributed by atoms with E-state index in [0.717, 1.165) is 17.1 Å². The van der Waals surface area contributed by atoms with E-state index < -0.39 is 0 Å². The first-order valence-electron chi connectivity index (χ1n) is 18.8. The predicted octanol–water partition coefficient (Wildman–Crippen LogP) is 13.9. The summed E-state index contributed by atoms with van der Waals surface area (Å²) in [6, 6.07) is 57.9. The fraction of sp³-hybridized carbons (Fsp3) is 0.0600. The van der Waals surface area contributed by atoms with Crippen LogP contribution in [0.1, 0.15) is 24.5 Å². The minimum atomic E-state index is 0.123. The number of hydrogen-bond donors (Lipinski definition) is 0. The first-order chi connectivity index (χ1) is 26.8. The van der Waals surface area contributed by atoms with Crippen molar-refractivity contribution in [3.63, 3.8) is 0 Å². The highest BCUT2D eigenvalue weighted by Crippen LogP contribution is 2.51. The highest BCUT2D eigenvalue weighted by molar-refractivity contribution is 7.23. The lowest BCUT2D eigenvalue weighted by atomic mass is 9.93. The maximum absolute atomic E-state index is 5.59. The van der Waals surface area contributed by atoms with Crippen LogP contribution >= 0.6 is 11.3 Å². The van der Waals surface area contributed by atoms with E-state index in [1.165, 1.54) is 97.9 Å². The van der Waals surface area contributed by atoms with Crippen molar-refractivity contribution in [3.05, 3.63) is 175 Å². The molecule has 0 spiro atoms. The lowest BCUT2D eigenvalue weighted by Crippen LogP contribution is -2.13. The molecule has 0 unspecified atom stereocenters. The van der Waals surface area contributed by atoms with Crippen molar-refractivity contribution >= 4 is 97.7 Å². The Kier molecular flexibility index (Phi) is 6.26. The van der Waals surface area contributed by atoms with Gasteiger partial charge in [-0.05, 0) is 59.5 Å². The van der Waals surface area contributed by atoms with Gasteiger partial charge >= 0.3 is 0 Å². The summed E-state index contributed by atoms with van der Waals surface area (Å²) in [7, 11) is 0. The molecule has 0 aliphatic carbocycles. The van der Waals surface area contributed by atoms with Gasteiger partial charge in [0.2, 0.25) is 0 Å². The lowest BCUT2D eigenvalue weighted by molar-refractivity contribution is 0.816. The molecule has 254 valence electrons. The van der Waals surface area contributed by atoms with Gasteiger partial charge in [0, 0.05) is 53.9 Å². The normalized spacial score (nSPS) is 14.9. The second-order valence-corrected chi connectivity index (χ2v) is 15.6. The van der Waals surface area contributed by atoms with Gasteiger partial charge in [-0.15, -0.1) is 11.3 Å². The van der Waals surface area contributed by atoms with E-state index in [9.17, 15) is 0 Å². The number of nitrogens with zero attached hydrogens (tertiary/aromatic N) is 3. The molecular weight excluding hydrogens is 675 g/mol. The first-order valence-corrected chi connectivity index (χ1v) is 19.7. The molecule has 11 aromatic rings. The molecule has 1 aliphatic rings. The van der Waals surface area contributed by atoms with Gasteiger partial charge in [0.1, 0.15) is 5.00 Å². The van der Waals surface area contributed by atoms with Crippen LogP contribution in [0.2, 0.25) is 0 Å². The van der Waals surface area contributed by atoms with Gasteiger partial charge in [0.05, 0.1) is 39.0 Å². The van der Waals surface area contributed by atoms with E-state index >= 15 is 0 Å². The molecule has 4 aromatic heterocycles. The van der Waals surface area contributed by atoms with Crippen molar-refractivity contribution in [2.24, 2.45) is 10.9 Å². The Hall–Kier alpha value is -6.49. The third-order valence-electron chi connectivity index (χ3n) is 11.7. The Morgan fingerprint density at radius 3 is 1.98 bits per heavy atom. The third-order valence-corrected chi connectivity index (χ3v) is 12.8. The fourth-order valence-corrected chi connectivity index (χ4v) is 10.5. The lowest BCUT2D eigenvalue weighted by Gasteiger charge is -2.17. The van der Waals surface area contributed by atoms with Crippen LogP contribution < -0.4 is 0 Å². The van der Waals surface area contributed by atoms with E-state index in [4.69, 9.17) is 4.99 Å². The number of rotatable bonds is 4. The van der Waals surface area contributed by atoms with Gasteiger partial charge in [0.25, 0.3) is 0 Å². The number of benzene rings is 7. The predicted molar refractivity (Wildman–Crippen MR) is 231 cm³/mol. The van der Waals surface area contributed by atoms with Gasteiger partial charge in [-0.1, -0.05) is 134 Å². The molecule has 7 aromatic carbocycles. The van der Waals surface area contributed by atoms with Crippen LogP contribution in [0.3, 0.4) is 0 Å². The number of hydrogen-bond acceptors (Lipinski definition) is 2. The number of para-hydroxylation sites is 2. The van der Waals surface area contributed by atoms with Gasteiger partial charge in [0.15, 0.2) is 0 Å². The van der Waals surface area contributed by atoms with Crippen LogP contribution in [0.15, 0.2) is 169 Å². The second kappa shape index (κ2) is 11.3. The molecule has 4 heteroatoms. The standard InChI is InChI=1S/C50H33N3S/c1-2-30-28-42(46-36-21-11-14-24-44(36)54-50(46)51-48(30)32-17-7-4-8-18-32)52-41-26-25-33(31-15-5-3-6-16-31)27-38(41)45-43(52)29-37-34-19-9-12-22-39(34)53-40-23-13-10-20-35(40)47(45)49(37)53/h3-30H,2H2,1H3/t30-/m0/s1. The van der Waals surface area contributed by atoms with Gasteiger partial charge in [-0.25, -0.2) is 4.99 Å². The third kappa shape index (κ3) is 4.03. The zero-order chi connectivity index (χ0) is 35.5. The molecule has 0 bridgehead atoms. The molecule has 3 nitrogen and oxygen atoms in total. The average Bonchev–Trinajstić information content (AvgIpc) is 3.94. The Labute approximate surface area is 315 Å². The summed E-state index contributed by atoms with van der Waals surface area (Å²) in [5.41, 5.74) is 13.4. The zero-order valence-electron chi connectivity index (χ0n) is 29.6. The van der Waals surface area contributed by atoms with Crippen molar-refractivity contribution in [1.29, 1.82) is 0 Å². The molecule has 1 aliphatic heterocycles. The summed E-state index contributed by atoms with van der Waals surface area (Å²) in [6.45, 7) is 2.29. The summed E-state index contributed by atoms with van der Waals surface area (Å²) < 4.78 is 6.35. The number of allylic oxidation sites excluding steroid dienone is 1. The molecule has 0 saturated carbocycles. The summed E-state index contributed by atoms with van der Waals surface area (Å²) in [5, 5.41) is 10.1. The van der Waals surface area contributed by atoms with E-state index in [2.05, 4.69) is 180 Å². The monoisotopic (exact) mass is 707 g/mol. The number of aliphatic imine (C=N–C) groups is 1. The number of fused-ring (bicyclic) bond motifs is 13. The van der Waals surface area contributed by atoms with Crippen molar-refractivity contribution in [2.75, 3.05) is 0 Å².